The molecule has 1 aliphatic heterocycles. The molecule has 0 saturated heterocycles. The van der Waals surface area contributed by atoms with E-state index in [1.165, 1.54) is 12.3 Å². The van der Waals surface area contributed by atoms with Crippen LogP contribution in [0.3, 0.4) is 0 Å². The summed E-state index contributed by atoms with van der Waals surface area (Å²) in [5, 5.41) is 0. The maximum absolute atomic E-state index is 4.90. The van der Waals surface area contributed by atoms with Crippen molar-refractivity contribution in [1.82, 2.24) is 0 Å². The van der Waals surface area contributed by atoms with Crippen LogP contribution < -0.4 is 0 Å². The van der Waals surface area contributed by atoms with Gasteiger partial charge in [-0.05, 0) is 6.92 Å². The number of nitrogens with zero attached hydrogens (tertiary/aromatic N) is 2. The van der Waals surface area contributed by atoms with Crippen LogP contribution in [-0.2, 0) is 98.1 Å². The zero-order chi connectivity index (χ0) is 19.2. The predicted octanol–water partition coefficient (Wildman–Crippen LogP) is 6.57. The maximum atomic E-state index is 4.90. The molecule has 29 heavy (non-hydrogen) atoms. The van der Waals surface area contributed by atoms with E-state index >= 15 is 0 Å². The standard InChI is InChI=1S/C9H8.C5H7N.C5H6.C4H5N.CH4.3Y/c1-2-6-9-7-4-3-5-8-9;1-5-3-2-4-6-5;2*1-3-5-4-2;;;;/h3-7H,1H3;3-4H,2H2,1H3;1,3,5H,2H3;1,3H,2H3;1H4;;;/q-2;;2*-2;;;;. The summed E-state index contributed by atoms with van der Waals surface area (Å²) in [4.78, 5) is 7.35. The van der Waals surface area contributed by atoms with Crippen LogP contribution in [0.2, 0.25) is 0 Å². The Balaban J connectivity index is -0.0000000600. The minimum Gasteiger partial charge on any atom is -0.601 e. The van der Waals surface area contributed by atoms with Crippen molar-refractivity contribution in [3.8, 4) is 0 Å². The fourth-order valence-electron chi connectivity index (χ4n) is 1.30. The van der Waals surface area contributed by atoms with Crippen LogP contribution in [0, 0.1) is 31.4 Å². The molecule has 1 aliphatic rings. The van der Waals surface area contributed by atoms with Crippen LogP contribution in [0.1, 0.15) is 47.1 Å². The van der Waals surface area contributed by atoms with Gasteiger partial charge in [-0.1, -0.05) is 13.5 Å². The van der Waals surface area contributed by atoms with E-state index in [0.29, 0.717) is 0 Å². The molecule has 0 N–H and O–H groups in total. The number of hydrogen-bond acceptors (Lipinski definition) is 2. The molecule has 0 amide bonds. The molecule has 1 heterocycles. The summed E-state index contributed by atoms with van der Waals surface area (Å²) in [6.07, 6.45) is 19.3. The van der Waals surface area contributed by atoms with Crippen LogP contribution >= 0.6 is 0 Å². The van der Waals surface area contributed by atoms with E-state index in [-0.39, 0.29) is 106 Å². The summed E-state index contributed by atoms with van der Waals surface area (Å²) in [6, 6.07) is 10.9. The summed E-state index contributed by atoms with van der Waals surface area (Å²) >= 11 is 0. The average Bonchev–Trinajstić information content (AvgIpc) is 3.10. The Morgan fingerprint density at radius 3 is 1.97 bits per heavy atom. The van der Waals surface area contributed by atoms with E-state index in [1.54, 1.807) is 19.9 Å². The van der Waals surface area contributed by atoms with Gasteiger partial charge in [0.15, 0.2) is 0 Å². The Kier molecular flexibility index (Phi) is 58.6. The number of aliphatic imine (C=N–C) groups is 2. The molecular formula is C24H30N2Y3-6. The molecule has 1 aromatic carbocycles. The molecule has 3 radical (unpaired) electrons. The number of rotatable bonds is 3. The van der Waals surface area contributed by atoms with E-state index in [0.717, 1.165) is 17.7 Å². The second-order valence-corrected chi connectivity index (χ2v) is 4.29. The molecule has 0 bridgehead atoms. The van der Waals surface area contributed by atoms with Gasteiger partial charge < -0.3 is 60.3 Å². The molecule has 0 aliphatic carbocycles. The average molecular weight is 613 g/mol. The summed E-state index contributed by atoms with van der Waals surface area (Å²) in [7, 11) is 0. The Hall–Kier alpha value is 0.572. The molecule has 0 aromatic heterocycles. The SMILES string of the molecule is C.CC1=CCC=N1.C[C-]=Cc1[c-]cccc1.[CH-]=CC=[C-]C.[CH-]=CN=[C-]C.[Y].[Y].[Y]. The van der Waals surface area contributed by atoms with Gasteiger partial charge in [-0.25, -0.2) is 12.1 Å². The molecule has 1 aromatic rings. The Labute approximate surface area is 256 Å². The van der Waals surface area contributed by atoms with Crippen LogP contribution in [0.25, 0.3) is 6.08 Å². The first-order chi connectivity index (χ1) is 12.2. The second-order valence-electron chi connectivity index (χ2n) is 4.29. The molecule has 0 unspecified atom stereocenters. The van der Waals surface area contributed by atoms with Crippen molar-refractivity contribution in [2.24, 2.45) is 9.98 Å². The topological polar surface area (TPSA) is 24.7 Å². The Morgan fingerprint density at radius 1 is 1.10 bits per heavy atom. The zero-order valence-corrected chi connectivity index (χ0v) is 25.8. The maximum Gasteiger partial charge on any atom is 0.0332 e. The molecular weight excluding hydrogens is 583 g/mol. The quantitative estimate of drug-likeness (QED) is 0.210. The smallest absolute Gasteiger partial charge is 0.0332 e. The van der Waals surface area contributed by atoms with Crippen molar-refractivity contribution >= 4 is 18.5 Å². The molecule has 151 valence electrons. The zero-order valence-electron chi connectivity index (χ0n) is 17.3. The number of benzene rings is 1. The number of hydrogen-bond donors (Lipinski definition) is 0. The van der Waals surface area contributed by atoms with E-state index in [1.807, 2.05) is 50.4 Å². The van der Waals surface area contributed by atoms with Gasteiger partial charge >= 0.3 is 0 Å². The molecule has 0 atom stereocenters. The predicted molar refractivity (Wildman–Crippen MR) is 117 cm³/mol. The summed E-state index contributed by atoms with van der Waals surface area (Å²) < 4.78 is 0. The van der Waals surface area contributed by atoms with Crippen molar-refractivity contribution in [3.05, 3.63) is 91.3 Å². The first kappa shape index (κ1) is 43.4. The van der Waals surface area contributed by atoms with E-state index in [2.05, 4.69) is 40.5 Å². The largest absolute Gasteiger partial charge is 0.601 e. The minimum atomic E-state index is 0. The van der Waals surface area contributed by atoms with Gasteiger partial charge in [-0.2, -0.15) is 18.3 Å². The Morgan fingerprint density at radius 2 is 1.76 bits per heavy atom. The second kappa shape index (κ2) is 39.1. The molecule has 0 saturated carbocycles. The van der Waals surface area contributed by atoms with Crippen LogP contribution in [-0.4, -0.2) is 12.4 Å². The van der Waals surface area contributed by atoms with Crippen LogP contribution in [0.4, 0.5) is 0 Å². The molecule has 5 heteroatoms. The third-order valence-corrected chi connectivity index (χ3v) is 2.31. The fourth-order valence-corrected chi connectivity index (χ4v) is 1.30. The third kappa shape index (κ3) is 39.6. The van der Waals surface area contributed by atoms with Crippen molar-refractivity contribution < 1.29 is 98.1 Å². The van der Waals surface area contributed by atoms with Crippen LogP contribution in [0.5, 0.6) is 0 Å². The van der Waals surface area contributed by atoms with E-state index in [9.17, 15) is 0 Å². The normalized spacial score (nSPS) is 10.1. The van der Waals surface area contributed by atoms with Crippen molar-refractivity contribution in [2.45, 2.75) is 41.5 Å². The van der Waals surface area contributed by atoms with Gasteiger partial charge in [0.2, 0.25) is 0 Å². The van der Waals surface area contributed by atoms with Gasteiger partial charge in [0.1, 0.15) is 0 Å². The monoisotopic (exact) mass is 613 g/mol. The molecule has 2 rings (SSSR count). The third-order valence-electron chi connectivity index (χ3n) is 2.31. The van der Waals surface area contributed by atoms with Crippen LogP contribution in [0.15, 0.2) is 64.4 Å². The molecule has 2 nitrogen and oxygen atoms in total. The number of allylic oxidation sites excluding steroid dienone is 6. The van der Waals surface area contributed by atoms with Gasteiger partial charge in [-0.3, -0.25) is 4.99 Å². The van der Waals surface area contributed by atoms with Crippen molar-refractivity contribution in [1.29, 1.82) is 0 Å². The van der Waals surface area contributed by atoms with Crippen molar-refractivity contribution in [3.63, 3.8) is 0 Å². The first-order valence-electron chi connectivity index (χ1n) is 7.76. The van der Waals surface area contributed by atoms with Crippen molar-refractivity contribution in [2.75, 3.05) is 0 Å². The van der Waals surface area contributed by atoms with E-state index in [4.69, 9.17) is 13.2 Å². The van der Waals surface area contributed by atoms with Gasteiger partial charge in [0.05, 0.1) is 0 Å². The summed E-state index contributed by atoms with van der Waals surface area (Å²) in [6.45, 7) is 17.0. The van der Waals surface area contributed by atoms with E-state index < -0.39 is 0 Å². The fraction of sp³-hybridized carbons (Fsp3) is 0.250. The molecule has 0 spiro atoms. The van der Waals surface area contributed by atoms with Gasteiger partial charge in [0.25, 0.3) is 0 Å². The minimum absolute atomic E-state index is 0. The first-order valence-corrected chi connectivity index (χ1v) is 7.76. The summed E-state index contributed by atoms with van der Waals surface area (Å²) in [5.41, 5.74) is 2.23. The molecule has 0 fully saturated rings. The van der Waals surface area contributed by atoms with Gasteiger partial charge in [-0.15, -0.1) is 26.8 Å². The van der Waals surface area contributed by atoms with Gasteiger partial charge in [0, 0.05) is 116 Å². The Bertz CT molecular complexity index is 569. The summed E-state index contributed by atoms with van der Waals surface area (Å²) in [5.74, 6) is 0.